The molecule has 7 heteroatoms. The van der Waals surface area contributed by atoms with Crippen molar-refractivity contribution in [3.05, 3.63) is 0 Å². The lowest BCUT2D eigenvalue weighted by atomic mass is 10.3. The average molecular weight is 289 g/mol. The van der Waals surface area contributed by atoms with E-state index in [1.54, 1.807) is 21.3 Å². The lowest BCUT2D eigenvalue weighted by Gasteiger charge is -2.34. The maximum Gasteiger partial charge on any atom is 0.500 e. The van der Waals surface area contributed by atoms with Crippen LogP contribution < -0.4 is 0 Å². The standard InChI is InChI=1S/C12H27N3O3Si/c1-14-9-7-10-15(2)12(14)13-8-6-11-19(16-3,17-4)18-5/h6-11H2,1-5H3. The van der Waals surface area contributed by atoms with E-state index in [9.17, 15) is 0 Å². The molecule has 0 radical (unpaired) electrons. The smallest absolute Gasteiger partial charge is 0.377 e. The van der Waals surface area contributed by atoms with Crippen LogP contribution in [0.5, 0.6) is 0 Å². The molecule has 0 amide bonds. The first-order chi connectivity index (χ1) is 9.08. The van der Waals surface area contributed by atoms with E-state index < -0.39 is 8.80 Å². The fourth-order valence-electron chi connectivity index (χ4n) is 2.31. The number of guanidine groups is 1. The van der Waals surface area contributed by atoms with E-state index in [0.717, 1.165) is 38.1 Å². The van der Waals surface area contributed by atoms with E-state index in [-0.39, 0.29) is 0 Å². The lowest BCUT2D eigenvalue weighted by Crippen LogP contribution is -2.46. The molecule has 6 nitrogen and oxygen atoms in total. The average Bonchev–Trinajstić information content (AvgIpc) is 2.42. The predicted octanol–water partition coefficient (Wildman–Crippen LogP) is 0.878. The molecular weight excluding hydrogens is 262 g/mol. The quantitative estimate of drug-likeness (QED) is 0.514. The van der Waals surface area contributed by atoms with Crippen LogP contribution in [-0.4, -0.2) is 79.6 Å². The van der Waals surface area contributed by atoms with Crippen molar-refractivity contribution < 1.29 is 13.3 Å². The molecule has 0 aromatic heterocycles. The SMILES string of the molecule is CO[Si](CCCN=C1N(C)CCCN1C)(OC)OC. The molecule has 0 aliphatic carbocycles. The molecule has 0 atom stereocenters. The molecule has 0 spiro atoms. The molecule has 0 aromatic carbocycles. The fourth-order valence-corrected chi connectivity index (χ4v) is 4.01. The summed E-state index contributed by atoms with van der Waals surface area (Å²) >= 11 is 0. The number of rotatable bonds is 7. The molecule has 1 rings (SSSR count). The van der Waals surface area contributed by atoms with Gasteiger partial charge in [-0.3, -0.25) is 4.99 Å². The molecule has 0 saturated carbocycles. The van der Waals surface area contributed by atoms with Gasteiger partial charge in [-0.2, -0.15) is 0 Å². The third-order valence-electron chi connectivity index (χ3n) is 3.50. The Bertz CT molecular complexity index is 278. The summed E-state index contributed by atoms with van der Waals surface area (Å²) in [6, 6.07) is 0.792. The van der Waals surface area contributed by atoms with Gasteiger partial charge in [0.05, 0.1) is 0 Å². The zero-order valence-electron chi connectivity index (χ0n) is 12.8. The molecule has 1 fully saturated rings. The highest BCUT2D eigenvalue weighted by molar-refractivity contribution is 6.60. The minimum Gasteiger partial charge on any atom is -0.377 e. The summed E-state index contributed by atoms with van der Waals surface area (Å²) in [7, 11) is 6.69. The third-order valence-corrected chi connectivity index (χ3v) is 6.33. The summed E-state index contributed by atoms with van der Waals surface area (Å²) in [6.07, 6.45) is 2.10. The zero-order chi connectivity index (χ0) is 14.3. The van der Waals surface area contributed by atoms with Gasteiger partial charge in [0.15, 0.2) is 5.96 Å². The van der Waals surface area contributed by atoms with Crippen LogP contribution in [0.25, 0.3) is 0 Å². The van der Waals surface area contributed by atoms with Crippen LogP contribution in [0.1, 0.15) is 12.8 Å². The van der Waals surface area contributed by atoms with Gasteiger partial charge in [0.1, 0.15) is 0 Å². The van der Waals surface area contributed by atoms with Crippen LogP contribution in [0, 0.1) is 0 Å². The first-order valence-corrected chi connectivity index (χ1v) is 8.64. The van der Waals surface area contributed by atoms with Crippen LogP contribution in [-0.2, 0) is 13.3 Å². The third kappa shape index (κ3) is 4.45. The van der Waals surface area contributed by atoms with E-state index >= 15 is 0 Å². The molecule has 19 heavy (non-hydrogen) atoms. The molecule has 0 aromatic rings. The Labute approximate surface area is 117 Å². The summed E-state index contributed by atoms with van der Waals surface area (Å²) in [4.78, 5) is 9.09. The van der Waals surface area contributed by atoms with Crippen molar-refractivity contribution in [1.29, 1.82) is 0 Å². The summed E-state index contributed by atoms with van der Waals surface area (Å²) in [5, 5.41) is 0. The molecule has 0 N–H and O–H groups in total. The maximum absolute atomic E-state index is 5.40. The van der Waals surface area contributed by atoms with Gasteiger partial charge >= 0.3 is 8.80 Å². The van der Waals surface area contributed by atoms with Crippen LogP contribution >= 0.6 is 0 Å². The van der Waals surface area contributed by atoms with Gasteiger partial charge in [0.2, 0.25) is 0 Å². The Kier molecular flexibility index (Phi) is 6.77. The second-order valence-corrected chi connectivity index (χ2v) is 7.87. The maximum atomic E-state index is 5.40. The van der Waals surface area contributed by atoms with Crippen LogP contribution in [0.2, 0.25) is 6.04 Å². The first-order valence-electron chi connectivity index (χ1n) is 6.70. The van der Waals surface area contributed by atoms with E-state index in [1.165, 1.54) is 6.42 Å². The normalized spacial score (nSPS) is 17.0. The van der Waals surface area contributed by atoms with Crippen LogP contribution in [0.4, 0.5) is 0 Å². The van der Waals surface area contributed by atoms with Gasteiger partial charge in [-0.1, -0.05) is 0 Å². The Balaban J connectivity index is 2.44. The highest BCUT2D eigenvalue weighted by Crippen LogP contribution is 2.15. The van der Waals surface area contributed by atoms with Crippen molar-refractivity contribution in [2.45, 2.75) is 18.9 Å². The van der Waals surface area contributed by atoms with Gasteiger partial charge < -0.3 is 23.1 Å². The molecule has 1 aliphatic heterocycles. The van der Waals surface area contributed by atoms with Crippen molar-refractivity contribution in [2.24, 2.45) is 4.99 Å². The van der Waals surface area contributed by atoms with Crippen molar-refractivity contribution in [1.82, 2.24) is 9.80 Å². The summed E-state index contributed by atoms with van der Waals surface area (Å²) < 4.78 is 16.2. The van der Waals surface area contributed by atoms with Crippen molar-refractivity contribution >= 4 is 14.8 Å². The highest BCUT2D eigenvalue weighted by Gasteiger charge is 2.36. The number of aliphatic imine (C=N–C) groups is 1. The van der Waals surface area contributed by atoms with E-state index in [1.807, 2.05) is 0 Å². The monoisotopic (exact) mass is 289 g/mol. The second kappa shape index (κ2) is 7.84. The Hall–Kier alpha value is -0.633. The molecular formula is C12H27N3O3Si. The van der Waals surface area contributed by atoms with Gasteiger partial charge in [-0.15, -0.1) is 0 Å². The Morgan fingerprint density at radius 3 is 2.05 bits per heavy atom. The van der Waals surface area contributed by atoms with Crippen LogP contribution in [0.3, 0.4) is 0 Å². The molecule has 1 aliphatic rings. The second-order valence-electron chi connectivity index (χ2n) is 4.78. The molecule has 1 saturated heterocycles. The van der Waals surface area contributed by atoms with Gasteiger partial charge in [-0.25, -0.2) is 0 Å². The number of nitrogens with zero attached hydrogens (tertiary/aromatic N) is 3. The van der Waals surface area contributed by atoms with E-state index in [4.69, 9.17) is 13.3 Å². The van der Waals surface area contributed by atoms with Crippen molar-refractivity contribution in [3.63, 3.8) is 0 Å². The van der Waals surface area contributed by atoms with Gasteiger partial charge in [0.25, 0.3) is 0 Å². The fraction of sp³-hybridized carbons (Fsp3) is 0.917. The topological polar surface area (TPSA) is 46.5 Å². The Morgan fingerprint density at radius 2 is 1.58 bits per heavy atom. The summed E-state index contributed by atoms with van der Waals surface area (Å²) in [5.41, 5.74) is 0. The predicted molar refractivity (Wildman–Crippen MR) is 78.4 cm³/mol. The van der Waals surface area contributed by atoms with Crippen molar-refractivity contribution in [3.8, 4) is 0 Å². The minimum absolute atomic E-state index is 0.773. The largest absolute Gasteiger partial charge is 0.500 e. The lowest BCUT2D eigenvalue weighted by molar-refractivity contribution is 0.123. The zero-order valence-corrected chi connectivity index (χ0v) is 13.8. The van der Waals surface area contributed by atoms with Gasteiger partial charge in [-0.05, 0) is 12.8 Å². The number of hydrogen-bond acceptors (Lipinski definition) is 4. The Morgan fingerprint density at radius 1 is 1.05 bits per heavy atom. The first kappa shape index (κ1) is 16.4. The molecule has 0 bridgehead atoms. The summed E-state index contributed by atoms with van der Waals surface area (Å²) in [6.45, 7) is 2.93. The van der Waals surface area contributed by atoms with Crippen LogP contribution in [0.15, 0.2) is 4.99 Å². The minimum atomic E-state index is -2.43. The number of hydrogen-bond donors (Lipinski definition) is 0. The van der Waals surface area contributed by atoms with Crippen molar-refractivity contribution in [2.75, 3.05) is 55.1 Å². The molecule has 0 unspecified atom stereocenters. The summed E-state index contributed by atoms with van der Waals surface area (Å²) in [5.74, 6) is 1.07. The highest BCUT2D eigenvalue weighted by atomic mass is 28.4. The van der Waals surface area contributed by atoms with E-state index in [0.29, 0.717) is 0 Å². The molecule has 112 valence electrons. The van der Waals surface area contributed by atoms with E-state index in [2.05, 4.69) is 28.9 Å². The molecule has 1 heterocycles. The van der Waals surface area contributed by atoms with Gasteiger partial charge in [0, 0.05) is 61.1 Å².